The topological polar surface area (TPSA) is 100 Å². The Hall–Kier alpha value is -5.13. The average Bonchev–Trinajstić information content (AvgIpc) is 3.67. The number of allylic oxidation sites excluding steroid dienone is 2. The van der Waals surface area contributed by atoms with Crippen LogP contribution in [0, 0.1) is 0 Å². The van der Waals surface area contributed by atoms with E-state index >= 15 is 0 Å². The Balaban J connectivity index is 1.39. The zero-order valence-electron chi connectivity index (χ0n) is 20.5. The fourth-order valence-corrected chi connectivity index (χ4v) is 3.99. The molecule has 3 aromatic rings. The highest BCUT2D eigenvalue weighted by Crippen LogP contribution is 2.22. The van der Waals surface area contributed by atoms with Crippen molar-refractivity contribution >= 4 is 23.2 Å². The van der Waals surface area contributed by atoms with Gasteiger partial charge in [-0.05, 0) is 60.7 Å². The Morgan fingerprint density at radius 2 is 1.24 bits per heavy atom. The average molecular weight is 501 g/mol. The van der Waals surface area contributed by atoms with Crippen LogP contribution in [0.25, 0.3) is 0 Å². The number of aromatic nitrogens is 3. The minimum atomic E-state index is -0.250. The Morgan fingerprint density at radius 3 is 1.71 bits per heavy atom. The van der Waals surface area contributed by atoms with Crippen LogP contribution in [0.3, 0.4) is 0 Å². The van der Waals surface area contributed by atoms with Crippen LogP contribution in [-0.4, -0.2) is 31.7 Å². The molecule has 0 aromatic carbocycles. The molecule has 186 valence electrons. The minimum Gasteiger partial charge on any atom is -0.320 e. The maximum absolute atomic E-state index is 12.7. The summed E-state index contributed by atoms with van der Waals surface area (Å²) in [6.45, 7) is 1.30. The van der Waals surface area contributed by atoms with E-state index < -0.39 is 0 Å². The molecule has 0 fully saturated rings. The highest BCUT2D eigenvalue weighted by molar-refractivity contribution is 6.07. The molecular formula is C30H24N6O2. The zero-order chi connectivity index (χ0) is 26.2. The van der Waals surface area contributed by atoms with Gasteiger partial charge in [0.05, 0.1) is 39.6 Å². The number of carbonyl (C=O) groups excluding carboxylic acids is 2. The van der Waals surface area contributed by atoms with Gasteiger partial charge in [0.1, 0.15) is 0 Å². The number of carbonyl (C=O) groups is 2. The van der Waals surface area contributed by atoms with Crippen LogP contribution in [0.5, 0.6) is 0 Å². The molecule has 2 aliphatic carbocycles. The molecule has 0 bridgehead atoms. The molecule has 5 rings (SSSR count). The molecule has 0 saturated carbocycles. The van der Waals surface area contributed by atoms with Crippen molar-refractivity contribution in [3.63, 3.8) is 0 Å². The molecule has 2 N–H and O–H groups in total. The lowest BCUT2D eigenvalue weighted by molar-refractivity contribution is -0.113. The number of anilines is 2. The van der Waals surface area contributed by atoms with E-state index in [-0.39, 0.29) is 11.8 Å². The molecule has 0 atom stereocenters. The molecule has 0 unspecified atom stereocenters. The summed E-state index contributed by atoms with van der Waals surface area (Å²) in [5, 5.41) is 5.90. The van der Waals surface area contributed by atoms with Gasteiger partial charge in [0, 0.05) is 38.2 Å². The number of hydrogen-bond acceptors (Lipinski definition) is 6. The van der Waals surface area contributed by atoms with Gasteiger partial charge in [-0.15, -0.1) is 11.5 Å². The van der Waals surface area contributed by atoms with Crippen LogP contribution < -0.4 is 10.6 Å². The van der Waals surface area contributed by atoms with Crippen molar-refractivity contribution in [3.05, 3.63) is 137 Å². The van der Waals surface area contributed by atoms with Gasteiger partial charge in [0.25, 0.3) is 11.8 Å². The summed E-state index contributed by atoms with van der Waals surface area (Å²) >= 11 is 0. The summed E-state index contributed by atoms with van der Waals surface area (Å²) in [6.07, 6.45) is 15.5. The van der Waals surface area contributed by atoms with E-state index in [1.807, 2.05) is 30.3 Å². The molecule has 8 heteroatoms. The van der Waals surface area contributed by atoms with Gasteiger partial charge in [0.2, 0.25) is 0 Å². The SMILES string of the molecule is O=C(Nc1cccnc1CN(Cc1ccccn1)Cc1ncccc1NC(=O)C1=C=CC=C1)C1=C=CC=C1. The lowest BCUT2D eigenvalue weighted by Gasteiger charge is -2.23. The summed E-state index contributed by atoms with van der Waals surface area (Å²) < 4.78 is 0. The molecule has 0 saturated heterocycles. The van der Waals surface area contributed by atoms with Gasteiger partial charge in [0.15, 0.2) is 0 Å². The lowest BCUT2D eigenvalue weighted by Crippen LogP contribution is -2.26. The third-order valence-corrected chi connectivity index (χ3v) is 5.82. The smallest absolute Gasteiger partial charge is 0.263 e. The Kier molecular flexibility index (Phi) is 7.59. The van der Waals surface area contributed by atoms with Gasteiger partial charge < -0.3 is 10.6 Å². The molecule has 0 aliphatic heterocycles. The van der Waals surface area contributed by atoms with E-state index in [0.29, 0.717) is 53.5 Å². The van der Waals surface area contributed by atoms with Crippen LogP contribution in [0.1, 0.15) is 17.1 Å². The first-order valence-electron chi connectivity index (χ1n) is 12.1. The molecular weight excluding hydrogens is 476 g/mol. The number of rotatable bonds is 10. The van der Waals surface area contributed by atoms with E-state index in [1.54, 1.807) is 67.2 Å². The minimum absolute atomic E-state index is 0.250. The van der Waals surface area contributed by atoms with E-state index in [9.17, 15) is 9.59 Å². The quantitative estimate of drug-likeness (QED) is 0.404. The first-order valence-corrected chi connectivity index (χ1v) is 12.1. The maximum Gasteiger partial charge on any atom is 0.263 e. The highest BCUT2D eigenvalue weighted by Gasteiger charge is 2.18. The maximum atomic E-state index is 12.7. The van der Waals surface area contributed by atoms with Crippen molar-refractivity contribution in [2.75, 3.05) is 10.6 Å². The van der Waals surface area contributed by atoms with Gasteiger partial charge in [-0.25, -0.2) is 0 Å². The van der Waals surface area contributed by atoms with Gasteiger partial charge in [-0.2, -0.15) is 0 Å². The van der Waals surface area contributed by atoms with Crippen molar-refractivity contribution in [3.8, 4) is 0 Å². The van der Waals surface area contributed by atoms with E-state index in [1.165, 1.54) is 0 Å². The van der Waals surface area contributed by atoms with E-state index in [2.05, 4.69) is 41.9 Å². The van der Waals surface area contributed by atoms with Gasteiger partial charge in [-0.1, -0.05) is 18.2 Å². The van der Waals surface area contributed by atoms with Crippen molar-refractivity contribution in [2.45, 2.75) is 19.6 Å². The molecule has 8 nitrogen and oxygen atoms in total. The standard InChI is InChI=1S/C30H24N6O2/c37-29(22-9-1-2-10-22)34-25-14-7-17-32-27(25)20-36(19-24-13-5-6-16-31-24)21-28-26(15-8-18-33-28)35-30(38)23-11-3-4-12-23/h1-9,11,13-18H,19-21H2,(H,34,37)(H,35,38). The third-order valence-electron chi connectivity index (χ3n) is 5.82. The summed E-state index contributed by atoms with van der Waals surface area (Å²) in [5.74, 6) is -0.501. The Bertz CT molecular complexity index is 1460. The number of amides is 2. The normalized spacial score (nSPS) is 13.1. The van der Waals surface area contributed by atoms with Crippen molar-refractivity contribution in [1.29, 1.82) is 0 Å². The molecule has 0 radical (unpaired) electrons. The van der Waals surface area contributed by atoms with Crippen LogP contribution in [0.2, 0.25) is 0 Å². The number of nitrogens with zero attached hydrogens (tertiary/aromatic N) is 4. The fraction of sp³-hybridized carbons (Fsp3) is 0.100. The second kappa shape index (κ2) is 11.7. The first-order chi connectivity index (χ1) is 18.7. The summed E-state index contributed by atoms with van der Waals surface area (Å²) in [5.41, 5.74) is 10.2. The Morgan fingerprint density at radius 1 is 0.684 bits per heavy atom. The van der Waals surface area contributed by atoms with Crippen LogP contribution in [-0.2, 0) is 29.2 Å². The third kappa shape index (κ3) is 6.16. The highest BCUT2D eigenvalue weighted by atomic mass is 16.2. The van der Waals surface area contributed by atoms with Crippen molar-refractivity contribution in [2.24, 2.45) is 0 Å². The molecule has 3 heterocycles. The van der Waals surface area contributed by atoms with Crippen molar-refractivity contribution < 1.29 is 9.59 Å². The monoisotopic (exact) mass is 500 g/mol. The number of pyridine rings is 3. The fourth-order valence-electron chi connectivity index (χ4n) is 3.99. The first kappa shape index (κ1) is 24.6. The molecule has 2 aliphatic rings. The molecule has 38 heavy (non-hydrogen) atoms. The summed E-state index contributed by atoms with van der Waals surface area (Å²) in [7, 11) is 0. The van der Waals surface area contributed by atoms with Gasteiger partial charge in [-0.3, -0.25) is 29.4 Å². The van der Waals surface area contributed by atoms with Crippen molar-refractivity contribution in [1.82, 2.24) is 19.9 Å². The van der Waals surface area contributed by atoms with E-state index in [0.717, 1.165) is 5.69 Å². The molecule has 2 amide bonds. The van der Waals surface area contributed by atoms with E-state index in [4.69, 9.17) is 0 Å². The van der Waals surface area contributed by atoms with Gasteiger partial charge >= 0.3 is 0 Å². The molecule has 3 aromatic heterocycles. The lowest BCUT2D eigenvalue weighted by atomic mass is 10.2. The largest absolute Gasteiger partial charge is 0.320 e. The molecule has 0 spiro atoms. The second-order valence-corrected chi connectivity index (χ2v) is 8.54. The second-order valence-electron chi connectivity index (χ2n) is 8.54. The van der Waals surface area contributed by atoms with Crippen LogP contribution >= 0.6 is 0 Å². The van der Waals surface area contributed by atoms with Crippen LogP contribution in [0.4, 0.5) is 11.4 Å². The van der Waals surface area contributed by atoms with Crippen LogP contribution in [0.15, 0.2) is 120 Å². The number of hydrogen-bond donors (Lipinski definition) is 2. The Labute approximate surface area is 220 Å². The predicted molar refractivity (Wildman–Crippen MR) is 144 cm³/mol. The zero-order valence-corrected chi connectivity index (χ0v) is 20.5. The summed E-state index contributed by atoms with van der Waals surface area (Å²) in [4.78, 5) is 41.1. The summed E-state index contributed by atoms with van der Waals surface area (Å²) in [6, 6.07) is 13.0. The predicted octanol–water partition coefficient (Wildman–Crippen LogP) is 4.25. The number of nitrogens with one attached hydrogen (secondary N) is 2.